The van der Waals surface area contributed by atoms with E-state index in [1.54, 1.807) is 0 Å². The Bertz CT molecular complexity index is 258. The quantitative estimate of drug-likeness (QED) is 0.660. The summed E-state index contributed by atoms with van der Waals surface area (Å²) in [6.45, 7) is 10.1. The van der Waals surface area contributed by atoms with Crippen molar-refractivity contribution in [2.24, 2.45) is 0 Å². The summed E-state index contributed by atoms with van der Waals surface area (Å²) >= 11 is 0. The van der Waals surface area contributed by atoms with Gasteiger partial charge >= 0.3 is 0 Å². The van der Waals surface area contributed by atoms with Crippen LogP contribution in [0.5, 0.6) is 0 Å². The fraction of sp³-hybridized carbons (Fsp3) is 0.933. The van der Waals surface area contributed by atoms with Gasteiger partial charge < -0.3 is 15.5 Å². The summed E-state index contributed by atoms with van der Waals surface area (Å²) in [7, 11) is 0. The Kier molecular flexibility index (Phi) is 8.07. The van der Waals surface area contributed by atoms with Crippen LogP contribution in [0, 0.1) is 0 Å². The average molecular weight is 269 g/mol. The van der Waals surface area contributed by atoms with Crippen molar-refractivity contribution in [3.8, 4) is 0 Å². The summed E-state index contributed by atoms with van der Waals surface area (Å²) < 4.78 is 0. The number of amides is 1. The van der Waals surface area contributed by atoms with Gasteiger partial charge in [-0.15, -0.1) is 0 Å². The highest BCUT2D eigenvalue weighted by Crippen LogP contribution is 2.15. The van der Waals surface area contributed by atoms with Crippen LogP contribution in [-0.4, -0.2) is 49.1 Å². The minimum absolute atomic E-state index is 0.118. The normalized spacial score (nSPS) is 22.2. The molecule has 4 heteroatoms. The minimum Gasteiger partial charge on any atom is -0.355 e. The molecule has 112 valence electrons. The molecular formula is C15H31N3O. The van der Waals surface area contributed by atoms with Crippen LogP contribution in [0.4, 0.5) is 0 Å². The van der Waals surface area contributed by atoms with E-state index in [0.29, 0.717) is 12.6 Å². The lowest BCUT2D eigenvalue weighted by atomic mass is 10.0. The lowest BCUT2D eigenvalue weighted by Crippen LogP contribution is -2.41. The number of rotatable bonds is 8. The number of carbonyl (C=O) groups is 1. The average Bonchev–Trinajstić information content (AvgIpc) is 2.42. The lowest BCUT2D eigenvalue weighted by Gasteiger charge is -2.33. The smallest absolute Gasteiger partial charge is 0.233 e. The largest absolute Gasteiger partial charge is 0.355 e. The predicted octanol–water partition coefficient (Wildman–Crippen LogP) is 1.76. The van der Waals surface area contributed by atoms with Crippen molar-refractivity contribution in [3.05, 3.63) is 0 Å². The Morgan fingerprint density at radius 1 is 1.42 bits per heavy atom. The molecule has 2 atom stereocenters. The van der Waals surface area contributed by atoms with Crippen molar-refractivity contribution >= 4 is 5.91 Å². The van der Waals surface area contributed by atoms with Crippen LogP contribution in [-0.2, 0) is 4.79 Å². The van der Waals surface area contributed by atoms with E-state index in [9.17, 15) is 4.79 Å². The standard InChI is InChI=1S/C15H31N3O/c1-4-13(2)17-12-15(19)16-9-7-11-18-10-6-5-8-14(18)3/h13-14,17H,4-12H2,1-3H3,(H,16,19). The third-order valence-corrected chi connectivity index (χ3v) is 4.11. The molecule has 4 nitrogen and oxygen atoms in total. The van der Waals surface area contributed by atoms with E-state index < -0.39 is 0 Å². The van der Waals surface area contributed by atoms with Gasteiger partial charge in [0, 0.05) is 25.2 Å². The maximum absolute atomic E-state index is 11.6. The first-order chi connectivity index (χ1) is 9.13. The number of nitrogens with one attached hydrogen (secondary N) is 2. The van der Waals surface area contributed by atoms with E-state index >= 15 is 0 Å². The molecule has 0 aromatic heterocycles. The van der Waals surface area contributed by atoms with Gasteiger partial charge in [0.25, 0.3) is 0 Å². The third-order valence-electron chi connectivity index (χ3n) is 4.11. The summed E-state index contributed by atoms with van der Waals surface area (Å²) in [6, 6.07) is 1.14. The van der Waals surface area contributed by atoms with Gasteiger partial charge in [-0.05, 0) is 46.1 Å². The molecule has 19 heavy (non-hydrogen) atoms. The Balaban J connectivity index is 2.02. The highest BCUT2D eigenvalue weighted by atomic mass is 16.1. The molecule has 1 heterocycles. The topological polar surface area (TPSA) is 44.4 Å². The Morgan fingerprint density at radius 2 is 2.21 bits per heavy atom. The molecule has 1 rings (SSSR count). The van der Waals surface area contributed by atoms with Gasteiger partial charge in [0.2, 0.25) is 5.91 Å². The summed E-state index contributed by atoms with van der Waals surface area (Å²) in [5.74, 6) is 0.118. The van der Waals surface area contributed by atoms with Crippen LogP contribution >= 0.6 is 0 Å². The first-order valence-electron chi connectivity index (χ1n) is 7.87. The molecule has 1 aliphatic heterocycles. The predicted molar refractivity (Wildman–Crippen MR) is 80.3 cm³/mol. The van der Waals surface area contributed by atoms with Crippen LogP contribution in [0.2, 0.25) is 0 Å². The van der Waals surface area contributed by atoms with Gasteiger partial charge in [-0.3, -0.25) is 4.79 Å². The number of hydrogen-bond donors (Lipinski definition) is 2. The number of likely N-dealkylation sites (tertiary alicyclic amines) is 1. The number of hydrogen-bond acceptors (Lipinski definition) is 3. The first-order valence-corrected chi connectivity index (χ1v) is 7.87. The van der Waals surface area contributed by atoms with Gasteiger partial charge in [0.15, 0.2) is 0 Å². The Morgan fingerprint density at radius 3 is 2.89 bits per heavy atom. The zero-order valence-electron chi connectivity index (χ0n) is 12.9. The van der Waals surface area contributed by atoms with E-state index in [0.717, 1.165) is 32.0 Å². The van der Waals surface area contributed by atoms with E-state index in [1.807, 2.05) is 0 Å². The van der Waals surface area contributed by atoms with Crippen LogP contribution in [0.25, 0.3) is 0 Å². The van der Waals surface area contributed by atoms with Crippen LogP contribution in [0.3, 0.4) is 0 Å². The fourth-order valence-corrected chi connectivity index (χ4v) is 2.47. The van der Waals surface area contributed by atoms with E-state index in [4.69, 9.17) is 0 Å². The highest BCUT2D eigenvalue weighted by molar-refractivity contribution is 5.77. The molecule has 1 aliphatic rings. The molecule has 1 amide bonds. The van der Waals surface area contributed by atoms with E-state index in [-0.39, 0.29) is 5.91 Å². The molecule has 1 saturated heterocycles. The number of nitrogens with zero attached hydrogens (tertiary/aromatic N) is 1. The van der Waals surface area contributed by atoms with Crippen molar-refractivity contribution in [1.82, 2.24) is 15.5 Å². The molecule has 2 unspecified atom stereocenters. The molecule has 0 saturated carbocycles. The second-order valence-corrected chi connectivity index (χ2v) is 5.77. The molecule has 0 spiro atoms. The summed E-state index contributed by atoms with van der Waals surface area (Å²) in [5, 5.41) is 6.20. The fourth-order valence-electron chi connectivity index (χ4n) is 2.47. The third kappa shape index (κ3) is 6.92. The van der Waals surface area contributed by atoms with Crippen molar-refractivity contribution in [3.63, 3.8) is 0 Å². The van der Waals surface area contributed by atoms with Crippen LogP contribution < -0.4 is 10.6 Å². The van der Waals surface area contributed by atoms with Crippen molar-refractivity contribution in [2.45, 2.75) is 65.0 Å². The lowest BCUT2D eigenvalue weighted by molar-refractivity contribution is -0.120. The minimum atomic E-state index is 0.118. The van der Waals surface area contributed by atoms with Gasteiger partial charge in [-0.2, -0.15) is 0 Å². The summed E-state index contributed by atoms with van der Waals surface area (Å²) in [4.78, 5) is 14.1. The highest BCUT2D eigenvalue weighted by Gasteiger charge is 2.17. The SMILES string of the molecule is CCC(C)NCC(=O)NCCCN1CCCCC1C. The van der Waals surface area contributed by atoms with Crippen molar-refractivity contribution < 1.29 is 4.79 Å². The van der Waals surface area contributed by atoms with Crippen molar-refractivity contribution in [1.29, 1.82) is 0 Å². The molecule has 0 aromatic rings. The molecule has 0 aromatic carbocycles. The maximum atomic E-state index is 11.6. The molecule has 1 fully saturated rings. The molecule has 0 aliphatic carbocycles. The zero-order chi connectivity index (χ0) is 14.1. The van der Waals surface area contributed by atoms with Gasteiger partial charge in [-0.25, -0.2) is 0 Å². The van der Waals surface area contributed by atoms with Gasteiger partial charge in [0.1, 0.15) is 0 Å². The maximum Gasteiger partial charge on any atom is 0.233 e. The van der Waals surface area contributed by atoms with Gasteiger partial charge in [0.05, 0.1) is 6.54 Å². The van der Waals surface area contributed by atoms with Crippen LogP contribution in [0.15, 0.2) is 0 Å². The molecule has 0 radical (unpaired) electrons. The van der Waals surface area contributed by atoms with Gasteiger partial charge in [-0.1, -0.05) is 13.3 Å². The van der Waals surface area contributed by atoms with E-state index in [2.05, 4.69) is 36.3 Å². The Hall–Kier alpha value is -0.610. The monoisotopic (exact) mass is 269 g/mol. The number of piperidine rings is 1. The van der Waals surface area contributed by atoms with E-state index in [1.165, 1.54) is 25.8 Å². The summed E-state index contributed by atoms with van der Waals surface area (Å²) in [6.07, 6.45) is 6.13. The van der Waals surface area contributed by atoms with Crippen LogP contribution in [0.1, 0.15) is 52.9 Å². The number of carbonyl (C=O) groups excluding carboxylic acids is 1. The second-order valence-electron chi connectivity index (χ2n) is 5.77. The zero-order valence-corrected chi connectivity index (χ0v) is 12.9. The molecule has 2 N–H and O–H groups in total. The first kappa shape index (κ1) is 16.4. The molecular weight excluding hydrogens is 238 g/mol. The Labute approximate surface area is 118 Å². The van der Waals surface area contributed by atoms with Crippen molar-refractivity contribution in [2.75, 3.05) is 26.2 Å². The summed E-state index contributed by atoms with van der Waals surface area (Å²) in [5.41, 5.74) is 0. The molecule has 0 bridgehead atoms. The second kappa shape index (κ2) is 9.32.